The van der Waals surface area contributed by atoms with Crippen LogP contribution in [0.3, 0.4) is 0 Å². The first kappa shape index (κ1) is 19.3. The van der Waals surface area contributed by atoms with E-state index in [1.807, 2.05) is 30.3 Å². The molecule has 1 amide bonds. The first-order chi connectivity index (χ1) is 13.1. The predicted octanol–water partition coefficient (Wildman–Crippen LogP) is 4.05. The number of benzene rings is 2. The number of hydrogen-bond donors (Lipinski definition) is 0. The lowest BCUT2D eigenvalue weighted by Gasteiger charge is -2.16. The van der Waals surface area contributed by atoms with Crippen LogP contribution in [-0.2, 0) is 17.9 Å². The minimum atomic E-state index is -0.0129. The van der Waals surface area contributed by atoms with E-state index in [9.17, 15) is 4.79 Å². The third-order valence-electron chi connectivity index (χ3n) is 3.63. The summed E-state index contributed by atoms with van der Waals surface area (Å²) >= 11 is 7.04. The lowest BCUT2D eigenvalue weighted by molar-refractivity contribution is -0.127. The van der Waals surface area contributed by atoms with E-state index in [0.29, 0.717) is 28.4 Å². The lowest BCUT2D eigenvalue weighted by atomic mass is 10.2. The highest BCUT2D eigenvalue weighted by atomic mass is 35.5. The molecule has 1 aromatic heterocycles. The second kappa shape index (κ2) is 9.43. The van der Waals surface area contributed by atoms with Crippen LogP contribution in [0.1, 0.15) is 11.5 Å². The quantitative estimate of drug-likeness (QED) is 0.528. The monoisotopic (exact) mass is 403 g/mol. The highest BCUT2D eigenvalue weighted by molar-refractivity contribution is 7.99. The van der Waals surface area contributed by atoms with Gasteiger partial charge in [-0.05, 0) is 29.8 Å². The largest absolute Gasteiger partial charge is 0.484 e. The molecule has 3 rings (SSSR count). The van der Waals surface area contributed by atoms with Gasteiger partial charge in [0.15, 0.2) is 6.61 Å². The molecule has 0 saturated carbocycles. The topological polar surface area (TPSA) is 68.5 Å². The van der Waals surface area contributed by atoms with E-state index in [4.69, 9.17) is 20.8 Å². The van der Waals surface area contributed by atoms with Crippen LogP contribution in [0.2, 0.25) is 5.02 Å². The Hall–Kier alpha value is -2.51. The van der Waals surface area contributed by atoms with Gasteiger partial charge in [-0.3, -0.25) is 4.79 Å². The summed E-state index contributed by atoms with van der Waals surface area (Å²) in [6.07, 6.45) is 0. The van der Waals surface area contributed by atoms with Gasteiger partial charge in [0.05, 0.1) is 5.75 Å². The van der Waals surface area contributed by atoms with E-state index in [1.54, 1.807) is 36.2 Å². The molecule has 0 aliphatic carbocycles. The highest BCUT2D eigenvalue weighted by Gasteiger charge is 2.13. The number of carbonyl (C=O) groups is 1. The molecule has 0 fully saturated rings. The van der Waals surface area contributed by atoms with Gasteiger partial charge in [-0.2, -0.15) is 0 Å². The molecular weight excluding hydrogens is 386 g/mol. The fourth-order valence-corrected chi connectivity index (χ4v) is 3.06. The number of amides is 1. The third kappa shape index (κ3) is 6.01. The minimum Gasteiger partial charge on any atom is -0.484 e. The summed E-state index contributed by atoms with van der Waals surface area (Å²) in [6.45, 7) is 0.710. The molecule has 27 heavy (non-hydrogen) atoms. The van der Waals surface area contributed by atoms with E-state index >= 15 is 0 Å². The average molecular weight is 404 g/mol. The van der Waals surface area contributed by atoms with Gasteiger partial charge in [0.25, 0.3) is 11.1 Å². The summed E-state index contributed by atoms with van der Waals surface area (Å²) < 4.78 is 11.0. The van der Waals surface area contributed by atoms with E-state index in [0.717, 1.165) is 5.56 Å². The van der Waals surface area contributed by atoms with Gasteiger partial charge in [0, 0.05) is 18.6 Å². The molecule has 0 aliphatic rings. The fraction of sp³-hybridized carbons (Fsp3) is 0.211. The van der Waals surface area contributed by atoms with Gasteiger partial charge in [-0.1, -0.05) is 53.7 Å². The number of nitrogens with zero attached hydrogens (tertiary/aromatic N) is 3. The zero-order valence-corrected chi connectivity index (χ0v) is 16.2. The zero-order valence-electron chi connectivity index (χ0n) is 14.7. The number of halogens is 1. The standard InChI is InChI=1S/C19H18ClN3O3S/c1-23(11-14-5-3-2-4-6-14)18(24)13-27-19-22-21-17(26-19)12-25-16-9-7-15(20)8-10-16/h2-10H,11-13H2,1H3. The highest BCUT2D eigenvalue weighted by Crippen LogP contribution is 2.19. The average Bonchev–Trinajstić information content (AvgIpc) is 3.14. The molecule has 0 N–H and O–H groups in total. The summed E-state index contributed by atoms with van der Waals surface area (Å²) in [5.41, 5.74) is 1.08. The maximum absolute atomic E-state index is 12.2. The first-order valence-corrected chi connectivity index (χ1v) is 9.58. The number of hydrogen-bond acceptors (Lipinski definition) is 6. The maximum atomic E-state index is 12.2. The number of ether oxygens (including phenoxy) is 1. The summed E-state index contributed by atoms with van der Waals surface area (Å²) in [6, 6.07) is 16.8. The molecule has 6 nitrogen and oxygen atoms in total. The molecule has 2 aromatic carbocycles. The van der Waals surface area contributed by atoms with Crippen molar-refractivity contribution in [2.24, 2.45) is 0 Å². The van der Waals surface area contributed by atoms with Crippen LogP contribution in [0.15, 0.2) is 64.2 Å². The van der Waals surface area contributed by atoms with Gasteiger partial charge in [0.2, 0.25) is 5.91 Å². The van der Waals surface area contributed by atoms with Crippen molar-refractivity contribution in [3.05, 3.63) is 71.1 Å². The molecule has 0 unspecified atom stereocenters. The van der Waals surface area contributed by atoms with Crippen molar-refractivity contribution >= 4 is 29.3 Å². The second-order valence-corrected chi connectivity index (χ2v) is 7.09. The van der Waals surface area contributed by atoms with Crippen molar-refractivity contribution in [3.8, 4) is 5.75 Å². The van der Waals surface area contributed by atoms with Crippen LogP contribution >= 0.6 is 23.4 Å². The van der Waals surface area contributed by atoms with Gasteiger partial charge < -0.3 is 14.1 Å². The summed E-state index contributed by atoms with van der Waals surface area (Å²) in [4.78, 5) is 13.9. The van der Waals surface area contributed by atoms with Crippen molar-refractivity contribution in [3.63, 3.8) is 0 Å². The number of carbonyl (C=O) groups excluding carboxylic acids is 1. The Balaban J connectivity index is 1.44. The maximum Gasteiger partial charge on any atom is 0.277 e. The molecule has 8 heteroatoms. The van der Waals surface area contributed by atoms with E-state index in [2.05, 4.69) is 10.2 Å². The normalized spacial score (nSPS) is 10.6. The van der Waals surface area contributed by atoms with Crippen LogP contribution in [-0.4, -0.2) is 33.8 Å². The Labute approximate surface area is 166 Å². The molecule has 0 atom stereocenters. The zero-order chi connectivity index (χ0) is 19.1. The molecule has 1 heterocycles. The van der Waals surface area contributed by atoms with Crippen molar-refractivity contribution in [1.29, 1.82) is 0 Å². The van der Waals surface area contributed by atoms with Crippen LogP contribution < -0.4 is 4.74 Å². The van der Waals surface area contributed by atoms with Gasteiger partial charge in [0.1, 0.15) is 5.75 Å². The lowest BCUT2D eigenvalue weighted by Crippen LogP contribution is -2.27. The molecular formula is C19H18ClN3O3S. The minimum absolute atomic E-state index is 0.0129. The van der Waals surface area contributed by atoms with Gasteiger partial charge >= 0.3 is 0 Å². The molecule has 0 saturated heterocycles. The van der Waals surface area contributed by atoms with Crippen molar-refractivity contribution < 1.29 is 13.9 Å². The van der Waals surface area contributed by atoms with E-state index < -0.39 is 0 Å². The Morgan fingerprint density at radius 2 is 1.89 bits per heavy atom. The van der Waals surface area contributed by atoms with Gasteiger partial charge in [-0.15, -0.1) is 10.2 Å². The first-order valence-electron chi connectivity index (χ1n) is 8.21. The second-order valence-electron chi connectivity index (χ2n) is 5.73. The number of rotatable bonds is 8. The SMILES string of the molecule is CN(Cc1ccccc1)C(=O)CSc1nnc(COc2ccc(Cl)cc2)o1. The van der Waals surface area contributed by atoms with Crippen LogP contribution in [0, 0.1) is 0 Å². The molecule has 0 bridgehead atoms. The Morgan fingerprint density at radius 1 is 1.15 bits per heavy atom. The third-order valence-corrected chi connectivity index (χ3v) is 4.69. The molecule has 0 aliphatic heterocycles. The molecule has 3 aromatic rings. The van der Waals surface area contributed by atoms with E-state index in [1.165, 1.54) is 11.8 Å². The predicted molar refractivity (Wildman–Crippen MR) is 104 cm³/mol. The summed E-state index contributed by atoms with van der Waals surface area (Å²) in [5.74, 6) is 1.21. The van der Waals surface area contributed by atoms with Crippen molar-refractivity contribution in [1.82, 2.24) is 15.1 Å². The summed E-state index contributed by atoms with van der Waals surface area (Å²) in [5, 5.41) is 8.84. The Kier molecular flexibility index (Phi) is 6.73. The number of thioether (sulfide) groups is 1. The smallest absolute Gasteiger partial charge is 0.277 e. The van der Waals surface area contributed by atoms with E-state index in [-0.39, 0.29) is 18.3 Å². The Morgan fingerprint density at radius 3 is 2.63 bits per heavy atom. The Bertz CT molecular complexity index is 871. The summed E-state index contributed by atoms with van der Waals surface area (Å²) in [7, 11) is 1.77. The molecule has 140 valence electrons. The van der Waals surface area contributed by atoms with Crippen LogP contribution in [0.25, 0.3) is 0 Å². The molecule has 0 spiro atoms. The van der Waals surface area contributed by atoms with Gasteiger partial charge in [-0.25, -0.2) is 0 Å². The number of aromatic nitrogens is 2. The van der Waals surface area contributed by atoms with Crippen LogP contribution in [0.5, 0.6) is 5.75 Å². The van der Waals surface area contributed by atoms with Crippen molar-refractivity contribution in [2.45, 2.75) is 18.4 Å². The van der Waals surface area contributed by atoms with Crippen molar-refractivity contribution in [2.75, 3.05) is 12.8 Å². The fourth-order valence-electron chi connectivity index (χ4n) is 2.21. The molecule has 0 radical (unpaired) electrons. The van der Waals surface area contributed by atoms with Crippen LogP contribution in [0.4, 0.5) is 0 Å².